The second-order valence-electron chi connectivity index (χ2n) is 6.19. The Morgan fingerprint density at radius 1 is 1.04 bits per heavy atom. The molecular weight excluding hydrogens is 376 g/mol. The van der Waals surface area contributed by atoms with Crippen LogP contribution in [0.5, 0.6) is 0 Å². The second-order valence-corrected chi connectivity index (χ2v) is 8.11. The van der Waals surface area contributed by atoms with Gasteiger partial charge in [-0.05, 0) is 36.2 Å². The minimum absolute atomic E-state index is 0.00600. The normalized spacial score (nSPS) is 17.6. The topological polar surface area (TPSA) is 69.7 Å². The second kappa shape index (κ2) is 8.12. The van der Waals surface area contributed by atoms with Crippen LogP contribution in [-0.4, -0.2) is 42.6 Å². The van der Waals surface area contributed by atoms with E-state index in [2.05, 4.69) is 5.32 Å². The number of nitrogens with zero attached hydrogens (tertiary/aromatic N) is 2. The van der Waals surface area contributed by atoms with Crippen molar-refractivity contribution in [1.82, 2.24) is 8.61 Å². The lowest BCUT2D eigenvalue weighted by Gasteiger charge is -2.34. The number of halogens is 2. The summed E-state index contributed by atoms with van der Waals surface area (Å²) in [5.74, 6) is -1.67. The molecule has 144 valence electrons. The zero-order chi connectivity index (χ0) is 19.4. The minimum Gasteiger partial charge on any atom is -0.322 e. The van der Waals surface area contributed by atoms with Crippen LogP contribution in [0.2, 0.25) is 0 Å². The molecule has 0 bridgehead atoms. The summed E-state index contributed by atoms with van der Waals surface area (Å²) >= 11 is 0. The van der Waals surface area contributed by atoms with E-state index in [1.54, 1.807) is 12.1 Å². The molecule has 3 rings (SSSR count). The smallest absolute Gasteiger partial charge is 0.282 e. The van der Waals surface area contributed by atoms with Crippen LogP contribution in [0.15, 0.2) is 48.5 Å². The van der Waals surface area contributed by atoms with Gasteiger partial charge in [-0.25, -0.2) is 8.78 Å². The number of carbonyl (C=O) groups excluding carboxylic acids is 1. The fourth-order valence-corrected chi connectivity index (χ4v) is 4.53. The molecule has 0 radical (unpaired) electrons. The van der Waals surface area contributed by atoms with Crippen LogP contribution in [0.4, 0.5) is 14.5 Å². The fourth-order valence-electron chi connectivity index (χ4n) is 2.89. The van der Waals surface area contributed by atoms with Crippen molar-refractivity contribution in [3.63, 3.8) is 0 Å². The number of para-hydroxylation sites is 1. The number of benzene rings is 2. The molecule has 0 aliphatic carbocycles. The third-order valence-corrected chi connectivity index (χ3v) is 6.11. The molecule has 1 N–H and O–H groups in total. The molecule has 2 aromatic rings. The lowest BCUT2D eigenvalue weighted by Crippen LogP contribution is -2.51. The Balaban J connectivity index is 1.68. The van der Waals surface area contributed by atoms with Crippen molar-refractivity contribution in [2.75, 3.05) is 25.0 Å². The lowest BCUT2D eigenvalue weighted by atomic mass is 10.2. The molecule has 6 nitrogen and oxygen atoms in total. The quantitative estimate of drug-likeness (QED) is 0.845. The van der Waals surface area contributed by atoms with Gasteiger partial charge in [0.05, 0.1) is 12.2 Å². The maximum Gasteiger partial charge on any atom is 0.282 e. The molecule has 27 heavy (non-hydrogen) atoms. The summed E-state index contributed by atoms with van der Waals surface area (Å²) in [7, 11) is -3.88. The molecule has 2 aromatic carbocycles. The molecule has 1 amide bonds. The number of hydrogen-bond donors (Lipinski definition) is 1. The molecule has 0 atom stereocenters. The highest BCUT2D eigenvalue weighted by Crippen LogP contribution is 2.20. The Hall–Kier alpha value is -2.36. The predicted octanol–water partition coefficient (Wildman–Crippen LogP) is 2.36. The molecular formula is C18H19F2N3O3S. The number of carbonyl (C=O) groups is 1. The standard InChI is InChI=1S/C18H19F2N3O3S/c19-15-6-3-5-14(11-15)12-22-9-4-10-23(27(22,25)26)13-18(24)21-17-8-2-1-7-16(17)20/h1-3,5-8,11H,4,9-10,12-13H2,(H,21,24). The summed E-state index contributed by atoms with van der Waals surface area (Å²) in [4.78, 5) is 12.2. The van der Waals surface area contributed by atoms with Gasteiger partial charge in [0.1, 0.15) is 11.6 Å². The highest BCUT2D eigenvalue weighted by molar-refractivity contribution is 7.86. The Morgan fingerprint density at radius 3 is 2.52 bits per heavy atom. The van der Waals surface area contributed by atoms with E-state index in [4.69, 9.17) is 0 Å². The third-order valence-electron chi connectivity index (χ3n) is 4.18. The van der Waals surface area contributed by atoms with Crippen molar-refractivity contribution >= 4 is 21.8 Å². The maximum atomic E-state index is 13.6. The third kappa shape index (κ3) is 4.68. The van der Waals surface area contributed by atoms with Gasteiger partial charge in [0, 0.05) is 19.6 Å². The number of anilines is 1. The van der Waals surface area contributed by atoms with Crippen LogP contribution in [0.1, 0.15) is 12.0 Å². The van der Waals surface area contributed by atoms with Crippen LogP contribution >= 0.6 is 0 Å². The number of nitrogens with one attached hydrogen (secondary N) is 1. The van der Waals surface area contributed by atoms with E-state index in [9.17, 15) is 22.0 Å². The summed E-state index contributed by atoms with van der Waals surface area (Å²) in [6, 6.07) is 11.4. The summed E-state index contributed by atoms with van der Waals surface area (Å²) in [5, 5.41) is 2.38. The summed E-state index contributed by atoms with van der Waals surface area (Å²) < 4.78 is 54.8. The molecule has 0 spiro atoms. The van der Waals surface area contributed by atoms with Crippen LogP contribution in [-0.2, 0) is 21.5 Å². The Bertz CT molecular complexity index is 937. The summed E-state index contributed by atoms with van der Waals surface area (Å²) in [5.41, 5.74) is 0.518. The van der Waals surface area contributed by atoms with Gasteiger partial charge in [0.2, 0.25) is 5.91 Å². The van der Waals surface area contributed by atoms with E-state index in [-0.39, 0.29) is 25.3 Å². The Kier molecular flexibility index (Phi) is 5.83. The summed E-state index contributed by atoms with van der Waals surface area (Å²) in [6.45, 7) is 0.0683. The number of amides is 1. The zero-order valence-electron chi connectivity index (χ0n) is 14.4. The molecule has 0 saturated carbocycles. The van der Waals surface area contributed by atoms with E-state index < -0.39 is 34.3 Å². The molecule has 0 aromatic heterocycles. The first kappa shape index (κ1) is 19.4. The first-order valence-electron chi connectivity index (χ1n) is 8.40. The first-order valence-corrected chi connectivity index (χ1v) is 9.80. The number of hydrogen-bond acceptors (Lipinski definition) is 3. The van der Waals surface area contributed by atoms with Crippen LogP contribution in [0, 0.1) is 11.6 Å². The van der Waals surface area contributed by atoms with E-state index in [1.165, 1.54) is 40.7 Å². The Labute approximate surface area is 156 Å². The fraction of sp³-hybridized carbons (Fsp3) is 0.278. The molecule has 1 heterocycles. The molecule has 1 aliphatic heterocycles. The van der Waals surface area contributed by atoms with Gasteiger partial charge in [0.15, 0.2) is 0 Å². The van der Waals surface area contributed by atoms with E-state index in [1.807, 2.05) is 0 Å². The van der Waals surface area contributed by atoms with Gasteiger partial charge in [-0.3, -0.25) is 4.79 Å². The zero-order valence-corrected chi connectivity index (χ0v) is 15.3. The van der Waals surface area contributed by atoms with Gasteiger partial charge in [0.25, 0.3) is 10.2 Å². The van der Waals surface area contributed by atoms with Gasteiger partial charge in [-0.2, -0.15) is 17.0 Å². The molecule has 1 fully saturated rings. The van der Waals surface area contributed by atoms with Crippen LogP contribution < -0.4 is 5.32 Å². The van der Waals surface area contributed by atoms with Crippen molar-refractivity contribution in [3.05, 3.63) is 65.7 Å². The van der Waals surface area contributed by atoms with Crippen molar-refractivity contribution in [1.29, 1.82) is 0 Å². The largest absolute Gasteiger partial charge is 0.322 e. The Morgan fingerprint density at radius 2 is 1.78 bits per heavy atom. The highest BCUT2D eigenvalue weighted by Gasteiger charge is 2.34. The average molecular weight is 395 g/mol. The number of rotatable bonds is 5. The first-order chi connectivity index (χ1) is 12.9. The van der Waals surface area contributed by atoms with Crippen LogP contribution in [0.3, 0.4) is 0 Å². The molecule has 9 heteroatoms. The van der Waals surface area contributed by atoms with E-state index >= 15 is 0 Å². The molecule has 0 unspecified atom stereocenters. The van der Waals surface area contributed by atoms with Crippen molar-refractivity contribution in [3.8, 4) is 0 Å². The van der Waals surface area contributed by atoms with Gasteiger partial charge in [-0.15, -0.1) is 0 Å². The predicted molar refractivity (Wildman–Crippen MR) is 96.9 cm³/mol. The molecule has 1 saturated heterocycles. The van der Waals surface area contributed by atoms with Gasteiger partial charge in [-0.1, -0.05) is 24.3 Å². The SMILES string of the molecule is O=C(CN1CCCN(Cc2cccc(F)c2)S1(=O)=O)Nc1ccccc1F. The molecule has 1 aliphatic rings. The summed E-state index contributed by atoms with van der Waals surface area (Å²) in [6.07, 6.45) is 0.529. The lowest BCUT2D eigenvalue weighted by molar-refractivity contribution is -0.116. The van der Waals surface area contributed by atoms with Crippen LogP contribution in [0.25, 0.3) is 0 Å². The highest BCUT2D eigenvalue weighted by atomic mass is 32.2. The van der Waals surface area contributed by atoms with Crippen molar-refractivity contribution < 1.29 is 22.0 Å². The van der Waals surface area contributed by atoms with E-state index in [0.717, 1.165) is 4.31 Å². The van der Waals surface area contributed by atoms with E-state index in [0.29, 0.717) is 12.0 Å². The van der Waals surface area contributed by atoms with Gasteiger partial charge >= 0.3 is 0 Å². The van der Waals surface area contributed by atoms with Crippen molar-refractivity contribution in [2.45, 2.75) is 13.0 Å². The monoisotopic (exact) mass is 395 g/mol. The maximum absolute atomic E-state index is 13.6. The van der Waals surface area contributed by atoms with Gasteiger partial charge < -0.3 is 5.32 Å². The minimum atomic E-state index is -3.88. The van der Waals surface area contributed by atoms with Crippen molar-refractivity contribution in [2.24, 2.45) is 0 Å². The average Bonchev–Trinajstić information content (AvgIpc) is 2.61.